The molecule has 1 aliphatic heterocycles. The van der Waals surface area contributed by atoms with Crippen molar-refractivity contribution in [3.8, 4) is 10.4 Å². The molecule has 0 saturated carbocycles. The molecule has 3 nitrogen and oxygen atoms in total. The van der Waals surface area contributed by atoms with Crippen molar-refractivity contribution < 1.29 is 22.5 Å². The Morgan fingerprint density at radius 2 is 1.54 bits per heavy atom. The van der Waals surface area contributed by atoms with E-state index in [1.165, 1.54) is 23.5 Å². The molecule has 0 amide bonds. The number of hydrogen-bond acceptors (Lipinski definition) is 4. The van der Waals surface area contributed by atoms with Crippen LogP contribution in [0.5, 0.6) is 0 Å². The van der Waals surface area contributed by atoms with E-state index in [4.69, 9.17) is 9.31 Å². The smallest absolute Gasteiger partial charge is 0.398 e. The van der Waals surface area contributed by atoms with Gasteiger partial charge in [0.05, 0.1) is 32.7 Å². The van der Waals surface area contributed by atoms with E-state index in [2.05, 4.69) is 4.98 Å². The molecule has 1 aliphatic rings. The zero-order valence-corrected chi connectivity index (χ0v) is 14.6. The average molecular weight is 355 g/mol. The van der Waals surface area contributed by atoms with Crippen LogP contribution < -0.4 is 5.59 Å². The monoisotopic (exact) mass is 355 g/mol. The molecule has 0 N–H and O–H groups in total. The normalized spacial score (nSPS) is 19.7. The van der Waals surface area contributed by atoms with Gasteiger partial charge in [-0.1, -0.05) is 12.1 Å². The summed E-state index contributed by atoms with van der Waals surface area (Å²) >= 11 is 1.35. The van der Waals surface area contributed by atoms with E-state index in [1.54, 1.807) is 5.51 Å². The fourth-order valence-electron chi connectivity index (χ4n) is 2.40. The average Bonchev–Trinajstić information content (AvgIpc) is 3.01. The summed E-state index contributed by atoms with van der Waals surface area (Å²) in [6.07, 6.45) is -4.35. The third-order valence-corrected chi connectivity index (χ3v) is 5.44. The number of alkyl halides is 3. The molecule has 2 aromatic rings. The summed E-state index contributed by atoms with van der Waals surface area (Å²) in [5.41, 5.74) is 1.23. The van der Waals surface area contributed by atoms with E-state index in [0.717, 1.165) is 17.0 Å². The van der Waals surface area contributed by atoms with Crippen molar-refractivity contribution in [1.29, 1.82) is 0 Å². The first-order valence-electron chi connectivity index (χ1n) is 7.48. The van der Waals surface area contributed by atoms with E-state index in [-0.39, 0.29) is 0 Å². The summed E-state index contributed by atoms with van der Waals surface area (Å²) in [5, 5.41) is 0. The molecule has 128 valence electrons. The van der Waals surface area contributed by atoms with Crippen LogP contribution >= 0.6 is 11.3 Å². The van der Waals surface area contributed by atoms with Gasteiger partial charge in [-0.2, -0.15) is 13.2 Å². The van der Waals surface area contributed by atoms with Gasteiger partial charge in [-0.25, -0.2) is 0 Å². The topological polar surface area (TPSA) is 31.4 Å². The number of halogens is 3. The van der Waals surface area contributed by atoms with Crippen molar-refractivity contribution in [2.24, 2.45) is 0 Å². The van der Waals surface area contributed by atoms with E-state index >= 15 is 0 Å². The maximum absolute atomic E-state index is 12.7. The Morgan fingerprint density at radius 1 is 1.00 bits per heavy atom. The Hall–Kier alpha value is -1.38. The molecule has 8 heteroatoms. The predicted octanol–water partition coefficient (Wildman–Crippen LogP) is 4.13. The Morgan fingerprint density at radius 3 is 2.04 bits per heavy atom. The quantitative estimate of drug-likeness (QED) is 0.760. The number of rotatable bonds is 2. The van der Waals surface area contributed by atoms with Gasteiger partial charge >= 0.3 is 13.3 Å². The summed E-state index contributed by atoms with van der Waals surface area (Å²) in [5.74, 6) is 0. The van der Waals surface area contributed by atoms with Crippen LogP contribution in [0.2, 0.25) is 0 Å². The van der Waals surface area contributed by atoms with Gasteiger partial charge in [0.25, 0.3) is 0 Å². The first kappa shape index (κ1) is 17.4. The molecule has 0 bridgehead atoms. The van der Waals surface area contributed by atoms with E-state index in [0.29, 0.717) is 11.2 Å². The summed E-state index contributed by atoms with van der Waals surface area (Å²) in [7, 11) is -0.640. The van der Waals surface area contributed by atoms with Gasteiger partial charge in [-0.05, 0) is 45.4 Å². The second kappa shape index (κ2) is 5.57. The van der Waals surface area contributed by atoms with Crippen LogP contribution in [-0.2, 0) is 15.5 Å². The third-order valence-electron chi connectivity index (χ3n) is 4.55. The molecule has 0 unspecified atom stereocenters. The predicted molar refractivity (Wildman–Crippen MR) is 88.3 cm³/mol. The lowest BCUT2D eigenvalue weighted by molar-refractivity contribution is -0.137. The van der Waals surface area contributed by atoms with Gasteiger partial charge in [-0.15, -0.1) is 11.3 Å². The zero-order valence-electron chi connectivity index (χ0n) is 13.8. The highest BCUT2D eigenvalue weighted by molar-refractivity contribution is 7.14. The van der Waals surface area contributed by atoms with Gasteiger partial charge in [0.1, 0.15) is 0 Å². The Labute approximate surface area is 143 Å². The maximum Gasteiger partial charge on any atom is 0.516 e. The molecule has 0 radical (unpaired) electrons. The number of hydrogen-bond donors (Lipinski definition) is 0. The minimum Gasteiger partial charge on any atom is -0.398 e. The van der Waals surface area contributed by atoms with Crippen LogP contribution in [0.3, 0.4) is 0 Å². The molecule has 0 spiro atoms. The van der Waals surface area contributed by atoms with Crippen molar-refractivity contribution in [3.05, 3.63) is 35.3 Å². The lowest BCUT2D eigenvalue weighted by Crippen LogP contribution is -2.41. The fourth-order valence-corrected chi connectivity index (χ4v) is 3.22. The van der Waals surface area contributed by atoms with Crippen LogP contribution in [0, 0.1) is 0 Å². The van der Waals surface area contributed by atoms with Crippen molar-refractivity contribution in [2.45, 2.75) is 45.1 Å². The second-order valence-corrected chi connectivity index (χ2v) is 7.58. The number of aromatic nitrogens is 1. The molecule has 1 aromatic heterocycles. The molecule has 0 atom stereocenters. The van der Waals surface area contributed by atoms with Gasteiger partial charge < -0.3 is 9.31 Å². The summed E-state index contributed by atoms with van der Waals surface area (Å²) in [6, 6.07) is 5.04. The standard InChI is InChI=1S/C16H17BF3NO2S/c1-14(2)15(3,4)23-17(22-14)13-12(24-9-21-13)10-5-7-11(8-6-10)16(18,19)20/h5-9H,1-4H3. The van der Waals surface area contributed by atoms with Gasteiger partial charge in [-0.3, -0.25) is 4.98 Å². The van der Waals surface area contributed by atoms with Crippen LogP contribution in [-0.4, -0.2) is 23.3 Å². The summed E-state index contributed by atoms with van der Waals surface area (Å²) < 4.78 is 50.1. The first-order valence-corrected chi connectivity index (χ1v) is 8.36. The highest BCUT2D eigenvalue weighted by Gasteiger charge is 2.53. The van der Waals surface area contributed by atoms with Crippen LogP contribution in [0.15, 0.2) is 29.8 Å². The minimum atomic E-state index is -4.35. The molecular weight excluding hydrogens is 338 g/mol. The number of thiazole rings is 1. The summed E-state index contributed by atoms with van der Waals surface area (Å²) in [4.78, 5) is 5.08. The van der Waals surface area contributed by atoms with E-state index in [1.807, 2.05) is 27.7 Å². The highest BCUT2D eigenvalue weighted by Crippen LogP contribution is 2.38. The maximum atomic E-state index is 12.7. The summed E-state index contributed by atoms with van der Waals surface area (Å²) in [6.45, 7) is 7.77. The van der Waals surface area contributed by atoms with Crippen LogP contribution in [0.25, 0.3) is 10.4 Å². The van der Waals surface area contributed by atoms with Gasteiger partial charge in [0, 0.05) is 0 Å². The molecular formula is C16H17BF3NO2S. The number of benzene rings is 1. The molecule has 1 fully saturated rings. The number of nitrogens with zero attached hydrogens (tertiary/aromatic N) is 1. The molecule has 2 heterocycles. The molecule has 3 rings (SSSR count). The molecule has 24 heavy (non-hydrogen) atoms. The Kier molecular flexibility index (Phi) is 4.05. The second-order valence-electron chi connectivity index (χ2n) is 6.73. The molecule has 0 aliphatic carbocycles. The van der Waals surface area contributed by atoms with E-state index in [9.17, 15) is 13.2 Å². The van der Waals surface area contributed by atoms with Crippen LogP contribution in [0.1, 0.15) is 33.3 Å². The van der Waals surface area contributed by atoms with Crippen LogP contribution in [0.4, 0.5) is 13.2 Å². The Balaban J connectivity index is 1.92. The van der Waals surface area contributed by atoms with Crippen molar-refractivity contribution in [2.75, 3.05) is 0 Å². The fraction of sp³-hybridized carbons (Fsp3) is 0.438. The molecule has 1 aromatic carbocycles. The van der Waals surface area contributed by atoms with Gasteiger partial charge in [0.15, 0.2) is 0 Å². The van der Waals surface area contributed by atoms with Crippen molar-refractivity contribution >= 4 is 24.0 Å². The lowest BCUT2D eigenvalue weighted by atomic mass is 9.82. The minimum absolute atomic E-state index is 0.501. The molecule has 1 saturated heterocycles. The first-order chi connectivity index (χ1) is 11.0. The van der Waals surface area contributed by atoms with E-state index < -0.39 is 30.1 Å². The Bertz CT molecular complexity index is 725. The van der Waals surface area contributed by atoms with Gasteiger partial charge in [0.2, 0.25) is 0 Å². The lowest BCUT2D eigenvalue weighted by Gasteiger charge is -2.32. The SMILES string of the molecule is CC1(C)OB(c2ncsc2-c2ccc(C(F)(F)F)cc2)OC1(C)C. The van der Waals surface area contributed by atoms with Crippen molar-refractivity contribution in [1.82, 2.24) is 4.98 Å². The largest absolute Gasteiger partial charge is 0.516 e. The zero-order chi connectivity index (χ0) is 17.8. The van der Waals surface area contributed by atoms with Crippen molar-refractivity contribution in [3.63, 3.8) is 0 Å². The third kappa shape index (κ3) is 2.98. The highest BCUT2D eigenvalue weighted by atomic mass is 32.1.